The van der Waals surface area contributed by atoms with Crippen molar-refractivity contribution in [3.8, 4) is 5.75 Å². The van der Waals surface area contributed by atoms with Crippen LogP contribution < -0.4 is 15.8 Å². The van der Waals surface area contributed by atoms with Crippen LogP contribution in [0.1, 0.15) is 41.9 Å². The van der Waals surface area contributed by atoms with Gasteiger partial charge in [-0.25, -0.2) is 13.9 Å². The maximum atomic E-state index is 13.7. The van der Waals surface area contributed by atoms with Crippen LogP contribution in [0.15, 0.2) is 54.5 Å². The van der Waals surface area contributed by atoms with Gasteiger partial charge in [0.1, 0.15) is 11.3 Å². The largest absolute Gasteiger partial charge is 0.460 e. The van der Waals surface area contributed by atoms with Crippen molar-refractivity contribution in [1.82, 2.24) is 19.9 Å². The summed E-state index contributed by atoms with van der Waals surface area (Å²) in [7, 11) is 0. The van der Waals surface area contributed by atoms with E-state index in [0.717, 1.165) is 0 Å². The van der Waals surface area contributed by atoms with E-state index < -0.39 is 6.36 Å². The molecule has 2 aromatic heterocycles. The Kier molecular flexibility index (Phi) is 7.61. The number of halogens is 2. The Bertz CT molecular complexity index is 1190. The number of hydrogen-bond donors (Lipinski definition) is 2. The zero-order valence-electron chi connectivity index (χ0n) is 18.1. The van der Waals surface area contributed by atoms with Crippen LogP contribution in [0.4, 0.5) is 4.39 Å². The summed E-state index contributed by atoms with van der Waals surface area (Å²) < 4.78 is 20.6. The number of nitrogens with two attached hydrogens (primary N) is 1. The van der Waals surface area contributed by atoms with E-state index >= 15 is 0 Å². The summed E-state index contributed by atoms with van der Waals surface area (Å²) in [4.78, 5) is 17.6. The molecule has 3 aromatic rings. The average Bonchev–Trinajstić information content (AvgIpc) is 3.08. The highest BCUT2D eigenvalue weighted by molar-refractivity contribution is 6.30. The Morgan fingerprint density at radius 2 is 2.22 bits per heavy atom. The summed E-state index contributed by atoms with van der Waals surface area (Å²) in [6, 6.07) is 6.61. The Labute approximate surface area is 190 Å². The first-order chi connectivity index (χ1) is 15.3. The van der Waals surface area contributed by atoms with Gasteiger partial charge in [-0.2, -0.15) is 5.10 Å². The molecule has 3 N–H and O–H groups in total. The maximum Gasteiger partial charge on any atom is 0.261 e. The van der Waals surface area contributed by atoms with Gasteiger partial charge in [-0.15, -0.1) is 0 Å². The number of carbonyl (C=O) groups is 1. The molecule has 0 saturated carbocycles. The Hall–Kier alpha value is -3.23. The van der Waals surface area contributed by atoms with Gasteiger partial charge in [0.05, 0.1) is 5.69 Å². The number of benzene rings is 1. The molecule has 1 amide bonds. The molecule has 0 aliphatic carbocycles. The molecule has 168 valence electrons. The third-order valence-electron chi connectivity index (χ3n) is 4.65. The molecule has 1 aromatic carbocycles. The molecule has 7 nitrogen and oxygen atoms in total. The smallest absolute Gasteiger partial charge is 0.261 e. The fourth-order valence-corrected chi connectivity index (χ4v) is 3.58. The molecule has 3 rings (SSSR count). The maximum absolute atomic E-state index is 13.7. The molecule has 0 spiro atoms. The summed E-state index contributed by atoms with van der Waals surface area (Å²) in [5.74, 6) is -0.0693. The van der Waals surface area contributed by atoms with Crippen LogP contribution in [0.5, 0.6) is 5.75 Å². The predicted octanol–water partition coefficient (Wildman–Crippen LogP) is 4.45. The Balaban J connectivity index is 2.13. The van der Waals surface area contributed by atoms with Crippen molar-refractivity contribution in [2.75, 3.05) is 6.54 Å². The fourth-order valence-electron chi connectivity index (χ4n) is 3.41. The van der Waals surface area contributed by atoms with Crippen molar-refractivity contribution in [2.24, 2.45) is 5.73 Å². The highest BCUT2D eigenvalue weighted by Gasteiger charge is 2.21. The number of hydrogen-bond acceptors (Lipinski definition) is 5. The van der Waals surface area contributed by atoms with Crippen molar-refractivity contribution in [3.05, 3.63) is 76.4 Å². The zero-order chi connectivity index (χ0) is 23.3. The van der Waals surface area contributed by atoms with Crippen LogP contribution in [-0.4, -0.2) is 33.4 Å². The Morgan fingerprint density at radius 1 is 1.44 bits per heavy atom. The number of nitrogens with one attached hydrogen (secondary N) is 1. The standard InChI is InChI=1S/C23H25ClFN5O2/c1-4-6-19(28-23(31)21-14(2)29-30-12-5-11-27-22(21)30)17(9-10-26)18-13-16(24)7-8-20(18)32-15(3)25/h4-8,11-13,15H,9-10,26H2,1-3H3,(H,28,31)/b6-4?,19-17-. The molecule has 0 saturated heterocycles. The molecule has 1 atom stereocenters. The summed E-state index contributed by atoms with van der Waals surface area (Å²) in [6.45, 7) is 5.16. The van der Waals surface area contributed by atoms with E-state index in [0.29, 0.717) is 57.5 Å². The number of carbonyl (C=O) groups excluding carboxylic acids is 1. The second-order valence-electron chi connectivity index (χ2n) is 7.03. The molecular weight excluding hydrogens is 433 g/mol. The van der Waals surface area contributed by atoms with Crippen LogP contribution in [0.2, 0.25) is 5.02 Å². The number of alkyl halides is 1. The molecule has 0 radical (unpaired) electrons. The monoisotopic (exact) mass is 457 g/mol. The molecule has 2 heterocycles. The topological polar surface area (TPSA) is 94.5 Å². The number of rotatable bonds is 8. The van der Waals surface area contributed by atoms with Gasteiger partial charge in [-0.05, 0) is 62.7 Å². The minimum absolute atomic E-state index is 0.292. The highest BCUT2D eigenvalue weighted by Crippen LogP contribution is 2.34. The third kappa shape index (κ3) is 5.15. The number of aryl methyl sites for hydroxylation is 1. The van der Waals surface area contributed by atoms with Gasteiger partial charge < -0.3 is 15.8 Å². The van der Waals surface area contributed by atoms with E-state index in [4.69, 9.17) is 22.1 Å². The van der Waals surface area contributed by atoms with E-state index in [1.54, 1.807) is 60.3 Å². The summed E-state index contributed by atoms with van der Waals surface area (Å²) in [5.41, 5.74) is 8.93. The van der Waals surface area contributed by atoms with E-state index in [2.05, 4.69) is 15.4 Å². The van der Waals surface area contributed by atoms with Gasteiger partial charge in [-0.3, -0.25) is 4.79 Å². The van der Waals surface area contributed by atoms with E-state index in [1.807, 2.05) is 6.92 Å². The van der Waals surface area contributed by atoms with Gasteiger partial charge in [-0.1, -0.05) is 17.7 Å². The molecule has 9 heteroatoms. The van der Waals surface area contributed by atoms with Crippen LogP contribution in [0.3, 0.4) is 0 Å². The SMILES string of the molecule is CC=C/C(NC(=O)c1c(C)nn2cccnc12)=C(\CCN)c1cc(Cl)ccc1OC(C)F. The first kappa shape index (κ1) is 23.4. The van der Waals surface area contributed by atoms with Gasteiger partial charge in [0.15, 0.2) is 5.65 Å². The highest BCUT2D eigenvalue weighted by atomic mass is 35.5. The van der Waals surface area contributed by atoms with Crippen LogP contribution >= 0.6 is 11.6 Å². The fraction of sp³-hybridized carbons (Fsp3) is 0.261. The van der Waals surface area contributed by atoms with Crippen molar-refractivity contribution in [2.45, 2.75) is 33.5 Å². The first-order valence-corrected chi connectivity index (χ1v) is 10.5. The third-order valence-corrected chi connectivity index (χ3v) is 4.89. The predicted molar refractivity (Wildman–Crippen MR) is 123 cm³/mol. The molecule has 0 aliphatic heterocycles. The molecule has 0 bridgehead atoms. The minimum Gasteiger partial charge on any atom is -0.460 e. The van der Waals surface area contributed by atoms with Gasteiger partial charge >= 0.3 is 0 Å². The van der Waals surface area contributed by atoms with E-state index in [9.17, 15) is 9.18 Å². The quantitative estimate of drug-likeness (QED) is 0.487. The summed E-state index contributed by atoms with van der Waals surface area (Å²) in [6.07, 6.45) is 5.73. The van der Waals surface area contributed by atoms with Crippen LogP contribution in [0, 0.1) is 6.92 Å². The van der Waals surface area contributed by atoms with Crippen LogP contribution in [-0.2, 0) is 0 Å². The van der Waals surface area contributed by atoms with Gasteiger partial charge in [0.25, 0.3) is 5.91 Å². The van der Waals surface area contributed by atoms with Crippen molar-refractivity contribution >= 4 is 28.7 Å². The first-order valence-electron chi connectivity index (χ1n) is 10.1. The van der Waals surface area contributed by atoms with E-state index in [-0.39, 0.29) is 5.91 Å². The van der Waals surface area contributed by atoms with Crippen LogP contribution in [0.25, 0.3) is 11.2 Å². The lowest BCUT2D eigenvalue weighted by molar-refractivity contribution is 0.0856. The summed E-state index contributed by atoms with van der Waals surface area (Å²) >= 11 is 6.22. The zero-order valence-corrected chi connectivity index (χ0v) is 18.9. The average molecular weight is 458 g/mol. The second-order valence-corrected chi connectivity index (χ2v) is 7.47. The number of fused-ring (bicyclic) bond motifs is 1. The number of aromatic nitrogens is 3. The minimum atomic E-state index is -1.53. The normalized spacial score (nSPS) is 13.3. The van der Waals surface area contributed by atoms with Crippen molar-refractivity contribution in [1.29, 1.82) is 0 Å². The lowest BCUT2D eigenvalue weighted by Crippen LogP contribution is -2.24. The number of amides is 1. The molecular formula is C23H25ClFN5O2. The molecule has 1 unspecified atom stereocenters. The van der Waals surface area contributed by atoms with E-state index in [1.165, 1.54) is 6.92 Å². The number of allylic oxidation sites excluding steroid dienone is 2. The number of ether oxygens (including phenoxy) is 1. The van der Waals surface area contributed by atoms with Gasteiger partial charge in [0, 0.05) is 35.6 Å². The molecule has 32 heavy (non-hydrogen) atoms. The second kappa shape index (κ2) is 10.4. The lowest BCUT2D eigenvalue weighted by Gasteiger charge is -2.18. The van der Waals surface area contributed by atoms with Gasteiger partial charge in [0.2, 0.25) is 6.36 Å². The summed E-state index contributed by atoms with van der Waals surface area (Å²) in [5, 5.41) is 7.74. The molecule has 0 fully saturated rings. The van der Waals surface area contributed by atoms with Crippen molar-refractivity contribution in [3.63, 3.8) is 0 Å². The van der Waals surface area contributed by atoms with Crippen molar-refractivity contribution < 1.29 is 13.9 Å². The lowest BCUT2D eigenvalue weighted by atomic mass is 9.98. The number of nitrogens with zero attached hydrogens (tertiary/aromatic N) is 3. The molecule has 0 aliphatic rings. The Morgan fingerprint density at radius 3 is 2.91 bits per heavy atom.